The van der Waals surface area contributed by atoms with Crippen molar-refractivity contribution in [2.75, 3.05) is 28.3 Å². The fourth-order valence-electron chi connectivity index (χ4n) is 0.644. The smallest absolute Gasteiger partial charge is 0.435 e. The van der Waals surface area contributed by atoms with Crippen molar-refractivity contribution in [3.05, 3.63) is 0 Å². The van der Waals surface area contributed by atoms with Gasteiger partial charge in [-0.3, -0.25) is 9.63 Å². The van der Waals surface area contributed by atoms with E-state index in [1.807, 2.05) is 0 Å². The van der Waals surface area contributed by atoms with E-state index >= 15 is 0 Å². The lowest BCUT2D eigenvalue weighted by Gasteiger charge is -2.07. The van der Waals surface area contributed by atoms with Crippen molar-refractivity contribution in [1.29, 1.82) is 0 Å². The first kappa shape index (κ1) is 14.9. The monoisotopic (exact) mass is 246 g/mol. The number of rotatable bonds is 4. The van der Waals surface area contributed by atoms with Crippen LogP contribution in [0, 0.1) is 0 Å². The molecule has 8 nitrogen and oxygen atoms in total. The highest BCUT2D eigenvalue weighted by Gasteiger charge is 2.19. The van der Waals surface area contributed by atoms with Crippen molar-refractivity contribution < 1.29 is 28.7 Å². The number of ether oxygens (including phenoxy) is 2. The predicted octanol–water partition coefficient (Wildman–Crippen LogP) is -0.223. The van der Waals surface area contributed by atoms with E-state index in [1.54, 1.807) is 0 Å². The number of carbonyl (C=O) groups excluding carboxylic acids is 3. The minimum Gasteiger partial charge on any atom is -0.469 e. The minimum absolute atomic E-state index is 0.352. The quantitative estimate of drug-likeness (QED) is 0.294. The van der Waals surface area contributed by atoms with Gasteiger partial charge in [-0.2, -0.15) is 0 Å². The average Bonchev–Trinajstić information content (AvgIpc) is 2.32. The summed E-state index contributed by atoms with van der Waals surface area (Å²) in [6.45, 7) is 0. The Labute approximate surface area is 98.1 Å². The van der Waals surface area contributed by atoms with Crippen LogP contribution in [0.25, 0.3) is 0 Å². The molecule has 1 amide bonds. The standard InChI is InChI=1S/C9H14N2O6/c1-11(2)9(14)17-10-6(8(13)16-4)5-7(12)15-3/h5H2,1-4H3/b10-6+. The first-order chi connectivity index (χ1) is 7.92. The summed E-state index contributed by atoms with van der Waals surface area (Å²) in [6.07, 6.45) is -1.22. The molecular formula is C9H14N2O6. The second kappa shape index (κ2) is 7.20. The molecule has 0 rings (SSSR count). The van der Waals surface area contributed by atoms with Crippen molar-refractivity contribution in [1.82, 2.24) is 4.90 Å². The van der Waals surface area contributed by atoms with Crippen molar-refractivity contribution >= 4 is 23.7 Å². The first-order valence-corrected chi connectivity index (χ1v) is 4.52. The van der Waals surface area contributed by atoms with Gasteiger partial charge in [0.15, 0.2) is 5.71 Å². The molecule has 0 radical (unpaired) electrons. The van der Waals surface area contributed by atoms with Gasteiger partial charge in [-0.15, -0.1) is 0 Å². The molecule has 0 aromatic heterocycles. The summed E-state index contributed by atoms with van der Waals surface area (Å²) < 4.78 is 8.72. The Balaban J connectivity index is 4.68. The van der Waals surface area contributed by atoms with Crippen LogP contribution in [-0.4, -0.2) is 57.0 Å². The summed E-state index contributed by atoms with van der Waals surface area (Å²) in [6, 6.07) is 0. The molecule has 0 spiro atoms. The predicted molar refractivity (Wildman–Crippen MR) is 56.3 cm³/mol. The van der Waals surface area contributed by atoms with Crippen LogP contribution >= 0.6 is 0 Å². The van der Waals surface area contributed by atoms with E-state index in [2.05, 4.69) is 19.5 Å². The zero-order valence-corrected chi connectivity index (χ0v) is 10.1. The summed E-state index contributed by atoms with van der Waals surface area (Å²) in [5, 5.41) is 3.25. The number of hydrogen-bond donors (Lipinski definition) is 0. The third kappa shape index (κ3) is 5.50. The molecule has 0 aliphatic heterocycles. The van der Waals surface area contributed by atoms with Gasteiger partial charge in [-0.25, -0.2) is 9.59 Å². The molecule has 0 unspecified atom stereocenters. The van der Waals surface area contributed by atoms with Crippen LogP contribution in [0.3, 0.4) is 0 Å². The number of esters is 2. The van der Waals surface area contributed by atoms with Crippen LogP contribution in [0.2, 0.25) is 0 Å². The molecule has 0 aromatic carbocycles. The van der Waals surface area contributed by atoms with Crippen LogP contribution in [0.4, 0.5) is 4.79 Å². The molecule has 17 heavy (non-hydrogen) atoms. The summed E-state index contributed by atoms with van der Waals surface area (Å²) in [4.78, 5) is 38.7. The normalized spacial score (nSPS) is 10.5. The van der Waals surface area contributed by atoms with Gasteiger partial charge in [0.25, 0.3) is 0 Å². The van der Waals surface area contributed by atoms with Gasteiger partial charge in [0.1, 0.15) is 0 Å². The van der Waals surface area contributed by atoms with Gasteiger partial charge in [-0.1, -0.05) is 5.16 Å². The fourth-order valence-corrected chi connectivity index (χ4v) is 0.644. The highest BCUT2D eigenvalue weighted by atomic mass is 16.7. The van der Waals surface area contributed by atoms with Gasteiger partial charge in [0.05, 0.1) is 20.6 Å². The molecule has 0 fully saturated rings. The molecule has 8 heteroatoms. The van der Waals surface area contributed by atoms with E-state index in [0.29, 0.717) is 0 Å². The highest BCUT2D eigenvalue weighted by molar-refractivity contribution is 6.39. The molecule has 0 heterocycles. The summed E-state index contributed by atoms with van der Waals surface area (Å²) >= 11 is 0. The molecule has 0 aliphatic carbocycles. The molecule has 0 bridgehead atoms. The van der Waals surface area contributed by atoms with Crippen molar-refractivity contribution in [3.63, 3.8) is 0 Å². The molecule has 0 atom stereocenters. The maximum absolute atomic E-state index is 11.2. The maximum atomic E-state index is 11.2. The van der Waals surface area contributed by atoms with Crippen LogP contribution in [0.5, 0.6) is 0 Å². The van der Waals surface area contributed by atoms with Crippen LogP contribution in [0.15, 0.2) is 5.16 Å². The van der Waals surface area contributed by atoms with Gasteiger partial charge in [-0.05, 0) is 0 Å². The third-order valence-electron chi connectivity index (χ3n) is 1.56. The SMILES string of the molecule is COC(=O)C/C(=N\OC(=O)N(C)C)C(=O)OC. The Morgan fingerprint density at radius 3 is 2.12 bits per heavy atom. The second-order valence-electron chi connectivity index (χ2n) is 3.03. The summed E-state index contributed by atoms with van der Waals surface area (Å²) in [5.41, 5.74) is -0.352. The molecule has 0 N–H and O–H groups in total. The van der Waals surface area contributed by atoms with Crippen molar-refractivity contribution in [2.45, 2.75) is 6.42 Å². The number of methoxy groups -OCH3 is 2. The molecule has 0 aliphatic rings. The first-order valence-electron chi connectivity index (χ1n) is 4.52. The van der Waals surface area contributed by atoms with E-state index in [-0.39, 0.29) is 5.71 Å². The minimum atomic E-state index is -0.873. The number of hydrogen-bond acceptors (Lipinski definition) is 7. The third-order valence-corrected chi connectivity index (χ3v) is 1.56. The van der Waals surface area contributed by atoms with E-state index in [9.17, 15) is 14.4 Å². The van der Waals surface area contributed by atoms with Gasteiger partial charge >= 0.3 is 18.0 Å². The maximum Gasteiger partial charge on any atom is 0.435 e. The van der Waals surface area contributed by atoms with Gasteiger partial charge < -0.3 is 14.4 Å². The number of nitrogens with zero attached hydrogens (tertiary/aromatic N) is 2. The molecule has 0 saturated heterocycles. The van der Waals surface area contributed by atoms with Crippen molar-refractivity contribution in [2.24, 2.45) is 5.16 Å². The van der Waals surface area contributed by atoms with E-state index in [4.69, 9.17) is 0 Å². The average molecular weight is 246 g/mol. The van der Waals surface area contributed by atoms with Crippen LogP contribution in [0.1, 0.15) is 6.42 Å². The highest BCUT2D eigenvalue weighted by Crippen LogP contribution is 1.96. The zero-order valence-electron chi connectivity index (χ0n) is 10.1. The molecule has 96 valence electrons. The van der Waals surface area contributed by atoms with E-state index in [0.717, 1.165) is 19.1 Å². The van der Waals surface area contributed by atoms with Crippen LogP contribution in [-0.2, 0) is 23.9 Å². The van der Waals surface area contributed by atoms with E-state index < -0.39 is 24.5 Å². The van der Waals surface area contributed by atoms with Gasteiger partial charge in [0.2, 0.25) is 0 Å². The Kier molecular flexibility index (Phi) is 6.30. The van der Waals surface area contributed by atoms with Crippen molar-refractivity contribution in [3.8, 4) is 0 Å². The molecular weight excluding hydrogens is 232 g/mol. The zero-order chi connectivity index (χ0) is 13.4. The molecule has 0 saturated carbocycles. The number of oxime groups is 1. The lowest BCUT2D eigenvalue weighted by Crippen LogP contribution is -2.24. The van der Waals surface area contributed by atoms with Crippen LogP contribution < -0.4 is 0 Å². The fraction of sp³-hybridized carbons (Fsp3) is 0.556. The molecule has 0 aromatic rings. The lowest BCUT2D eigenvalue weighted by molar-refractivity contribution is -0.140. The summed E-state index contributed by atoms with van der Waals surface area (Å²) in [7, 11) is 5.15. The largest absolute Gasteiger partial charge is 0.469 e. The number of amides is 1. The summed E-state index contributed by atoms with van der Waals surface area (Å²) in [5.74, 6) is -1.57. The Bertz CT molecular complexity index is 336. The van der Waals surface area contributed by atoms with E-state index in [1.165, 1.54) is 14.1 Å². The topological polar surface area (TPSA) is 94.5 Å². The Hall–Kier alpha value is -2.12. The number of carbonyl (C=O) groups is 3. The van der Waals surface area contributed by atoms with Gasteiger partial charge in [0, 0.05) is 14.1 Å². The Morgan fingerprint density at radius 1 is 1.12 bits per heavy atom. The lowest BCUT2D eigenvalue weighted by atomic mass is 10.3. The Morgan fingerprint density at radius 2 is 1.71 bits per heavy atom. The second-order valence-corrected chi connectivity index (χ2v) is 3.03.